The number of hydrogen-bond donors (Lipinski definition) is 0. The van der Waals surface area contributed by atoms with Gasteiger partial charge < -0.3 is 14.4 Å². The summed E-state index contributed by atoms with van der Waals surface area (Å²) in [7, 11) is 4.11. The lowest BCUT2D eigenvalue weighted by Crippen LogP contribution is -2.39. The second kappa shape index (κ2) is 7.78. The summed E-state index contributed by atoms with van der Waals surface area (Å²) in [5, 5.41) is 0. The van der Waals surface area contributed by atoms with E-state index in [-0.39, 0.29) is 17.6 Å². The summed E-state index contributed by atoms with van der Waals surface area (Å²) in [4.78, 5) is 21.3. The highest BCUT2D eigenvalue weighted by Crippen LogP contribution is 2.27. The van der Waals surface area contributed by atoms with Crippen molar-refractivity contribution in [2.24, 2.45) is 0 Å². The Morgan fingerprint density at radius 2 is 2.08 bits per heavy atom. The maximum absolute atomic E-state index is 13.1. The van der Waals surface area contributed by atoms with Crippen molar-refractivity contribution >= 4 is 5.91 Å². The number of likely N-dealkylation sites (tertiary alicyclic amines) is 1. The Kier molecular flexibility index (Phi) is 5.48. The molecule has 0 aliphatic carbocycles. The molecule has 2 aromatic rings. The number of amides is 1. The van der Waals surface area contributed by atoms with E-state index in [1.807, 2.05) is 17.3 Å². The largest absolute Gasteiger partial charge is 0.338 e. The molecule has 1 amide bonds. The highest BCUT2D eigenvalue weighted by molar-refractivity contribution is 5.94. The van der Waals surface area contributed by atoms with Crippen LogP contribution in [-0.4, -0.2) is 59.0 Å². The van der Waals surface area contributed by atoms with E-state index in [1.54, 1.807) is 12.1 Å². The number of piperidine rings is 1. The minimum absolute atomic E-state index is 0.0314. The van der Waals surface area contributed by atoms with Gasteiger partial charge in [-0.3, -0.25) is 4.79 Å². The number of aromatic nitrogens is 2. The van der Waals surface area contributed by atoms with Crippen molar-refractivity contribution in [2.75, 3.05) is 33.7 Å². The molecule has 1 aromatic heterocycles. The second-order valence-corrected chi connectivity index (χ2v) is 6.88. The van der Waals surface area contributed by atoms with E-state index >= 15 is 0 Å². The summed E-state index contributed by atoms with van der Waals surface area (Å²) < 4.78 is 15.3. The monoisotopic (exact) mass is 344 g/mol. The molecule has 6 heteroatoms. The van der Waals surface area contributed by atoms with Crippen molar-refractivity contribution in [1.82, 2.24) is 19.4 Å². The molecule has 5 nitrogen and oxygen atoms in total. The van der Waals surface area contributed by atoms with Crippen LogP contribution in [0.4, 0.5) is 4.39 Å². The first kappa shape index (κ1) is 17.6. The third-order valence-electron chi connectivity index (χ3n) is 4.70. The number of nitrogens with zero attached hydrogens (tertiary/aromatic N) is 4. The van der Waals surface area contributed by atoms with E-state index in [4.69, 9.17) is 0 Å². The maximum atomic E-state index is 13.1. The van der Waals surface area contributed by atoms with Gasteiger partial charge in [-0.25, -0.2) is 9.37 Å². The molecular weight excluding hydrogens is 319 g/mol. The van der Waals surface area contributed by atoms with Gasteiger partial charge in [0.25, 0.3) is 5.91 Å². The first-order chi connectivity index (χ1) is 12.0. The first-order valence-corrected chi connectivity index (χ1v) is 8.75. The fraction of sp³-hybridized carbons (Fsp3) is 0.474. The summed E-state index contributed by atoms with van der Waals surface area (Å²) in [6, 6.07) is 5.78. The lowest BCUT2D eigenvalue weighted by atomic mass is 9.96. The summed E-state index contributed by atoms with van der Waals surface area (Å²) in [6.45, 7) is 3.25. The number of hydrogen-bond acceptors (Lipinski definition) is 3. The van der Waals surface area contributed by atoms with Crippen molar-refractivity contribution in [3.05, 3.63) is 53.9 Å². The van der Waals surface area contributed by atoms with Crippen LogP contribution in [0.15, 0.2) is 36.7 Å². The molecule has 0 spiro atoms. The van der Waals surface area contributed by atoms with Gasteiger partial charge in [-0.15, -0.1) is 0 Å². The highest BCUT2D eigenvalue weighted by Gasteiger charge is 2.28. The van der Waals surface area contributed by atoms with Crippen LogP contribution >= 0.6 is 0 Å². The SMILES string of the molecule is CN(C)CCn1ccnc1C1CCCN(C(=O)c2ccc(F)cc2)C1. The van der Waals surface area contributed by atoms with E-state index < -0.39 is 0 Å². The number of imidazole rings is 1. The Morgan fingerprint density at radius 3 is 2.80 bits per heavy atom. The zero-order valence-corrected chi connectivity index (χ0v) is 14.9. The zero-order chi connectivity index (χ0) is 17.8. The van der Waals surface area contributed by atoms with Crippen LogP contribution in [0, 0.1) is 5.82 Å². The molecule has 0 radical (unpaired) electrons. The summed E-state index contributed by atoms with van der Waals surface area (Å²) in [5.74, 6) is 0.945. The third kappa shape index (κ3) is 4.25. The van der Waals surface area contributed by atoms with E-state index in [2.05, 4.69) is 28.5 Å². The van der Waals surface area contributed by atoms with Crippen LogP contribution < -0.4 is 0 Å². The summed E-state index contributed by atoms with van der Waals surface area (Å²) in [6.07, 6.45) is 5.84. The molecule has 3 rings (SSSR count). The van der Waals surface area contributed by atoms with Crippen molar-refractivity contribution < 1.29 is 9.18 Å². The molecule has 1 aromatic carbocycles. The Balaban J connectivity index is 1.70. The number of carbonyl (C=O) groups is 1. The Bertz CT molecular complexity index is 710. The van der Waals surface area contributed by atoms with Crippen molar-refractivity contribution in [3.63, 3.8) is 0 Å². The van der Waals surface area contributed by atoms with E-state index in [9.17, 15) is 9.18 Å². The van der Waals surface area contributed by atoms with Crippen LogP contribution in [-0.2, 0) is 6.54 Å². The summed E-state index contributed by atoms with van der Waals surface area (Å²) in [5.41, 5.74) is 0.540. The van der Waals surface area contributed by atoms with Crippen LogP contribution in [0.1, 0.15) is 34.9 Å². The number of carbonyl (C=O) groups excluding carboxylic acids is 1. The normalized spacial score (nSPS) is 17.9. The molecule has 1 aliphatic rings. The maximum Gasteiger partial charge on any atom is 0.253 e. The second-order valence-electron chi connectivity index (χ2n) is 6.88. The van der Waals surface area contributed by atoms with Gasteiger partial charge in [0.1, 0.15) is 11.6 Å². The van der Waals surface area contributed by atoms with Crippen molar-refractivity contribution in [3.8, 4) is 0 Å². The smallest absolute Gasteiger partial charge is 0.253 e. The predicted octanol–water partition coefficient (Wildman–Crippen LogP) is 2.60. The van der Waals surface area contributed by atoms with Crippen LogP contribution in [0.5, 0.6) is 0 Å². The van der Waals surface area contributed by atoms with E-state index in [0.29, 0.717) is 12.1 Å². The molecule has 1 aliphatic heterocycles. The van der Waals surface area contributed by atoms with Crippen molar-refractivity contribution in [1.29, 1.82) is 0 Å². The number of rotatable bonds is 5. The molecule has 0 saturated carbocycles. The van der Waals surface area contributed by atoms with Gasteiger partial charge in [0.05, 0.1) is 0 Å². The Labute approximate surface area is 148 Å². The van der Waals surface area contributed by atoms with Gasteiger partial charge in [0, 0.05) is 50.1 Å². The Morgan fingerprint density at radius 1 is 1.32 bits per heavy atom. The lowest BCUT2D eigenvalue weighted by molar-refractivity contribution is 0.0703. The minimum atomic E-state index is -0.323. The lowest BCUT2D eigenvalue weighted by Gasteiger charge is -2.33. The molecule has 1 atom stereocenters. The highest BCUT2D eigenvalue weighted by atomic mass is 19.1. The molecule has 25 heavy (non-hydrogen) atoms. The standard InChI is InChI=1S/C19H25FN4O/c1-22(2)12-13-23-11-9-21-18(23)16-4-3-10-24(14-16)19(25)15-5-7-17(20)8-6-15/h5-9,11,16H,3-4,10,12-14H2,1-2H3. The zero-order valence-electron chi connectivity index (χ0n) is 14.9. The van der Waals surface area contributed by atoms with Gasteiger partial charge >= 0.3 is 0 Å². The van der Waals surface area contributed by atoms with E-state index in [1.165, 1.54) is 12.1 Å². The third-order valence-corrected chi connectivity index (χ3v) is 4.70. The number of halogens is 1. The van der Waals surface area contributed by atoms with Gasteiger partial charge in [-0.05, 0) is 51.2 Å². The van der Waals surface area contributed by atoms with Crippen LogP contribution in [0.2, 0.25) is 0 Å². The van der Waals surface area contributed by atoms with Gasteiger partial charge in [-0.2, -0.15) is 0 Å². The van der Waals surface area contributed by atoms with Crippen LogP contribution in [0.3, 0.4) is 0 Å². The molecule has 0 bridgehead atoms. The Hall–Kier alpha value is -2.21. The first-order valence-electron chi connectivity index (χ1n) is 8.75. The molecule has 1 unspecified atom stereocenters. The van der Waals surface area contributed by atoms with Crippen molar-refractivity contribution in [2.45, 2.75) is 25.3 Å². The molecule has 1 fully saturated rings. The fourth-order valence-corrected chi connectivity index (χ4v) is 3.32. The van der Waals surface area contributed by atoms with Gasteiger partial charge in [-0.1, -0.05) is 0 Å². The van der Waals surface area contributed by atoms with Gasteiger partial charge in [0.2, 0.25) is 0 Å². The number of benzene rings is 1. The van der Waals surface area contributed by atoms with E-state index in [0.717, 1.165) is 38.3 Å². The minimum Gasteiger partial charge on any atom is -0.338 e. The predicted molar refractivity (Wildman–Crippen MR) is 95.1 cm³/mol. The van der Waals surface area contributed by atoms with Gasteiger partial charge in [0.15, 0.2) is 0 Å². The van der Waals surface area contributed by atoms with Crippen LogP contribution in [0.25, 0.3) is 0 Å². The average molecular weight is 344 g/mol. The average Bonchev–Trinajstić information content (AvgIpc) is 3.09. The summed E-state index contributed by atoms with van der Waals surface area (Å²) >= 11 is 0. The fourth-order valence-electron chi connectivity index (χ4n) is 3.32. The molecule has 1 saturated heterocycles. The molecule has 0 N–H and O–H groups in total. The molecule has 2 heterocycles. The topological polar surface area (TPSA) is 41.4 Å². The quantitative estimate of drug-likeness (QED) is 0.837. The number of likely N-dealkylation sites (N-methyl/N-ethyl adjacent to an activating group) is 1. The molecular formula is C19H25FN4O. The molecule has 134 valence electrons.